The molecule has 2 amide bonds. The van der Waals surface area contributed by atoms with E-state index in [1.807, 2.05) is 64.1 Å². The summed E-state index contributed by atoms with van der Waals surface area (Å²) < 4.78 is 40.3. The molecule has 1 N–H and O–H groups in total. The maximum Gasteiger partial charge on any atom is 0.244 e. The number of aryl methyl sites for hydroxylation is 1. The highest BCUT2D eigenvalue weighted by Gasteiger charge is 2.34. The van der Waals surface area contributed by atoms with Gasteiger partial charge in [0.25, 0.3) is 0 Å². The van der Waals surface area contributed by atoms with Crippen molar-refractivity contribution in [3.63, 3.8) is 0 Å². The van der Waals surface area contributed by atoms with Gasteiger partial charge in [-0.05, 0) is 68.7 Å². The number of benzene rings is 3. The lowest BCUT2D eigenvalue weighted by atomic mass is 10.0. The summed E-state index contributed by atoms with van der Waals surface area (Å²) in [6.07, 6.45) is 1.25. The maximum absolute atomic E-state index is 14.0. The molecule has 1 atom stereocenters. The second-order valence-electron chi connectivity index (χ2n) is 10.7. The summed E-state index contributed by atoms with van der Waals surface area (Å²) in [5.41, 5.74) is 2.06. The molecule has 0 heterocycles. The van der Waals surface area contributed by atoms with Crippen LogP contribution < -0.4 is 9.62 Å². The van der Waals surface area contributed by atoms with Crippen LogP contribution in [-0.4, -0.2) is 49.5 Å². The Hall–Kier alpha value is -3.72. The summed E-state index contributed by atoms with van der Waals surface area (Å²) in [4.78, 5) is 29.0. The average Bonchev–Trinajstić information content (AvgIpc) is 2.84. The maximum atomic E-state index is 14.0. The molecular weight excluding hydrogens is 517 g/mol. The predicted octanol–water partition coefficient (Wildman–Crippen LogP) is 4.45. The van der Waals surface area contributed by atoms with Gasteiger partial charge in [0.15, 0.2) is 0 Å². The normalized spacial score (nSPS) is 12.5. The Bertz CT molecular complexity index is 1390. The van der Waals surface area contributed by atoms with Crippen molar-refractivity contribution in [1.82, 2.24) is 10.2 Å². The summed E-state index contributed by atoms with van der Waals surface area (Å²) in [5.74, 6) is -1.36. The molecule has 0 fully saturated rings. The van der Waals surface area contributed by atoms with Gasteiger partial charge in [-0.15, -0.1) is 0 Å². The Kier molecular flexibility index (Phi) is 9.50. The first kappa shape index (κ1) is 29.8. The number of carbonyl (C=O) groups is 2. The third kappa shape index (κ3) is 8.92. The lowest BCUT2D eigenvalue weighted by Crippen LogP contribution is -2.56. The van der Waals surface area contributed by atoms with Crippen LogP contribution in [0.3, 0.4) is 0 Å². The van der Waals surface area contributed by atoms with Crippen LogP contribution in [0.1, 0.15) is 37.5 Å². The van der Waals surface area contributed by atoms with Crippen LogP contribution in [-0.2, 0) is 32.6 Å². The van der Waals surface area contributed by atoms with Gasteiger partial charge in [0.2, 0.25) is 21.8 Å². The first-order valence-electron chi connectivity index (χ1n) is 12.7. The monoisotopic (exact) mass is 553 g/mol. The minimum Gasteiger partial charge on any atom is -0.350 e. The molecule has 0 aliphatic heterocycles. The smallest absolute Gasteiger partial charge is 0.244 e. The Morgan fingerprint density at radius 1 is 0.923 bits per heavy atom. The van der Waals surface area contributed by atoms with E-state index in [1.54, 1.807) is 30.3 Å². The van der Waals surface area contributed by atoms with Crippen LogP contribution in [0.4, 0.5) is 10.1 Å². The van der Waals surface area contributed by atoms with Crippen LogP contribution in [0.5, 0.6) is 0 Å². The summed E-state index contributed by atoms with van der Waals surface area (Å²) in [7, 11) is -3.84. The Labute approximate surface area is 230 Å². The average molecular weight is 554 g/mol. The van der Waals surface area contributed by atoms with Gasteiger partial charge in [0.05, 0.1) is 11.9 Å². The first-order valence-corrected chi connectivity index (χ1v) is 14.5. The molecule has 0 aliphatic rings. The third-order valence-corrected chi connectivity index (χ3v) is 7.14. The van der Waals surface area contributed by atoms with E-state index in [-0.39, 0.29) is 18.9 Å². The summed E-state index contributed by atoms with van der Waals surface area (Å²) >= 11 is 0. The van der Waals surface area contributed by atoms with Gasteiger partial charge in [0, 0.05) is 18.5 Å². The molecule has 39 heavy (non-hydrogen) atoms. The molecule has 7 nitrogen and oxygen atoms in total. The van der Waals surface area contributed by atoms with Crippen molar-refractivity contribution in [1.29, 1.82) is 0 Å². The standard InChI is InChI=1S/C30H36FN3O4S/c1-22-10-9-13-26(18-22)34(39(5,37)38)21-28(35)33(20-24-14-16-25(31)17-15-24)27(29(36)32-30(2,3)4)19-23-11-7-6-8-12-23/h6-18,27H,19-21H2,1-5H3,(H,32,36)/t27-/m0/s1. The molecule has 0 aromatic heterocycles. The molecule has 3 rings (SSSR count). The van der Waals surface area contributed by atoms with Gasteiger partial charge in [-0.1, -0.05) is 54.6 Å². The van der Waals surface area contributed by atoms with Gasteiger partial charge in [-0.25, -0.2) is 12.8 Å². The van der Waals surface area contributed by atoms with E-state index >= 15 is 0 Å². The van der Waals surface area contributed by atoms with E-state index in [0.717, 1.165) is 21.7 Å². The number of hydrogen-bond donors (Lipinski definition) is 1. The zero-order valence-corrected chi connectivity index (χ0v) is 23.8. The number of hydrogen-bond acceptors (Lipinski definition) is 4. The Morgan fingerprint density at radius 2 is 1.56 bits per heavy atom. The van der Waals surface area contributed by atoms with Crippen molar-refractivity contribution >= 4 is 27.5 Å². The van der Waals surface area contributed by atoms with Gasteiger partial charge < -0.3 is 10.2 Å². The van der Waals surface area contributed by atoms with Crippen molar-refractivity contribution in [2.24, 2.45) is 0 Å². The van der Waals surface area contributed by atoms with E-state index in [4.69, 9.17) is 0 Å². The lowest BCUT2D eigenvalue weighted by molar-refractivity contribution is -0.140. The molecule has 9 heteroatoms. The highest BCUT2D eigenvalue weighted by molar-refractivity contribution is 7.92. The second kappa shape index (κ2) is 12.4. The molecule has 208 valence electrons. The van der Waals surface area contributed by atoms with Crippen molar-refractivity contribution in [2.45, 2.75) is 52.2 Å². The molecule has 0 aliphatic carbocycles. The number of sulfonamides is 1. The predicted molar refractivity (Wildman–Crippen MR) is 152 cm³/mol. The molecular formula is C30H36FN3O4S. The largest absolute Gasteiger partial charge is 0.350 e. The van der Waals surface area contributed by atoms with Crippen molar-refractivity contribution in [2.75, 3.05) is 17.1 Å². The summed E-state index contributed by atoms with van der Waals surface area (Å²) in [6, 6.07) is 20.9. The van der Waals surface area contributed by atoms with Crippen LogP contribution in [0.15, 0.2) is 78.9 Å². The summed E-state index contributed by atoms with van der Waals surface area (Å²) in [6.45, 7) is 6.86. The zero-order chi connectivity index (χ0) is 28.8. The van der Waals surface area contributed by atoms with E-state index in [0.29, 0.717) is 11.3 Å². The van der Waals surface area contributed by atoms with Crippen LogP contribution >= 0.6 is 0 Å². The number of rotatable bonds is 10. The molecule has 0 spiro atoms. The fourth-order valence-corrected chi connectivity index (χ4v) is 5.03. The molecule has 3 aromatic rings. The van der Waals surface area contributed by atoms with Gasteiger partial charge in [-0.3, -0.25) is 13.9 Å². The highest BCUT2D eigenvalue weighted by atomic mass is 32.2. The molecule has 0 saturated heterocycles. The fourth-order valence-electron chi connectivity index (χ4n) is 4.19. The molecule has 0 bridgehead atoms. The first-order chi connectivity index (χ1) is 18.2. The van der Waals surface area contributed by atoms with E-state index in [2.05, 4.69) is 5.32 Å². The van der Waals surface area contributed by atoms with Crippen molar-refractivity contribution < 1.29 is 22.4 Å². The fraction of sp³-hybridized carbons (Fsp3) is 0.333. The van der Waals surface area contributed by atoms with Crippen molar-refractivity contribution in [3.05, 3.63) is 101 Å². The second-order valence-corrected chi connectivity index (χ2v) is 12.6. The van der Waals surface area contributed by atoms with Crippen LogP contribution in [0.2, 0.25) is 0 Å². The quantitative estimate of drug-likeness (QED) is 0.402. The number of amides is 2. The minimum atomic E-state index is -3.84. The number of nitrogens with one attached hydrogen (secondary N) is 1. The van der Waals surface area contributed by atoms with E-state index < -0.39 is 39.9 Å². The van der Waals surface area contributed by atoms with Crippen LogP contribution in [0, 0.1) is 12.7 Å². The number of carbonyl (C=O) groups excluding carboxylic acids is 2. The van der Waals surface area contributed by atoms with Crippen molar-refractivity contribution in [3.8, 4) is 0 Å². The third-order valence-electron chi connectivity index (χ3n) is 6.00. The molecule has 0 saturated carbocycles. The lowest BCUT2D eigenvalue weighted by Gasteiger charge is -2.35. The van der Waals surface area contributed by atoms with Crippen LogP contribution in [0.25, 0.3) is 0 Å². The summed E-state index contributed by atoms with van der Waals surface area (Å²) in [5, 5.41) is 2.97. The molecule has 0 radical (unpaired) electrons. The van der Waals surface area contributed by atoms with Gasteiger partial charge in [0.1, 0.15) is 18.4 Å². The molecule has 3 aromatic carbocycles. The number of anilines is 1. The SMILES string of the molecule is Cc1cccc(N(CC(=O)N(Cc2ccc(F)cc2)[C@@H](Cc2ccccc2)C(=O)NC(C)(C)C)S(C)(=O)=O)c1. The van der Waals surface area contributed by atoms with E-state index in [1.165, 1.54) is 17.0 Å². The van der Waals surface area contributed by atoms with E-state index in [9.17, 15) is 22.4 Å². The van der Waals surface area contributed by atoms with Gasteiger partial charge >= 0.3 is 0 Å². The number of halogens is 1. The van der Waals surface area contributed by atoms with Gasteiger partial charge in [-0.2, -0.15) is 0 Å². The Morgan fingerprint density at radius 3 is 2.13 bits per heavy atom. The molecule has 0 unspecified atom stereocenters. The Balaban J connectivity index is 2.07. The number of nitrogens with zero attached hydrogens (tertiary/aromatic N) is 2. The topological polar surface area (TPSA) is 86.8 Å². The zero-order valence-electron chi connectivity index (χ0n) is 23.0. The highest BCUT2D eigenvalue weighted by Crippen LogP contribution is 2.22. The minimum absolute atomic E-state index is 0.0143.